The molecular formula is C11H21NO. The lowest BCUT2D eigenvalue weighted by atomic mass is 10.1. The molecule has 0 aromatic rings. The summed E-state index contributed by atoms with van der Waals surface area (Å²) >= 11 is 0. The first-order chi connectivity index (χ1) is 6.43. The number of hydrogen-bond acceptors (Lipinski definition) is 2. The summed E-state index contributed by atoms with van der Waals surface area (Å²) in [5, 5.41) is 3.16. The van der Waals surface area contributed by atoms with Crippen LogP contribution in [0.25, 0.3) is 0 Å². The van der Waals surface area contributed by atoms with E-state index in [0.717, 1.165) is 6.42 Å². The molecule has 0 aromatic carbocycles. The molecule has 2 heteroatoms. The molecule has 2 nitrogen and oxygen atoms in total. The average molecular weight is 183 g/mol. The van der Waals surface area contributed by atoms with Crippen molar-refractivity contribution in [2.24, 2.45) is 0 Å². The Balaban J connectivity index is 1.78. The molecule has 0 saturated heterocycles. The van der Waals surface area contributed by atoms with Gasteiger partial charge in [-0.15, -0.1) is 0 Å². The van der Waals surface area contributed by atoms with Crippen molar-refractivity contribution in [2.45, 2.75) is 58.1 Å². The largest absolute Gasteiger partial charge is 0.477 e. The lowest BCUT2D eigenvalue weighted by molar-refractivity contribution is 0.139. The molecule has 0 radical (unpaired) electrons. The van der Waals surface area contributed by atoms with E-state index in [1.54, 1.807) is 6.26 Å². The van der Waals surface area contributed by atoms with Gasteiger partial charge in [0.1, 0.15) is 6.26 Å². The number of nitrogens with one attached hydrogen (secondary N) is 1. The molecule has 76 valence electrons. The summed E-state index contributed by atoms with van der Waals surface area (Å²) < 4.78 is 5.29. The Morgan fingerprint density at radius 1 is 1.15 bits per heavy atom. The fourth-order valence-electron chi connectivity index (χ4n) is 1.58. The fraction of sp³-hybridized carbons (Fsp3) is 0.818. The monoisotopic (exact) mass is 183 g/mol. The molecule has 0 fully saturated rings. The van der Waals surface area contributed by atoms with Gasteiger partial charge in [-0.1, -0.05) is 39.0 Å². The molecule has 1 aliphatic heterocycles. The average Bonchev–Trinajstić information content (AvgIpc) is 2.63. The summed E-state index contributed by atoms with van der Waals surface area (Å²) in [7, 11) is 0. The summed E-state index contributed by atoms with van der Waals surface area (Å²) in [6.07, 6.45) is 13.1. The molecular weight excluding hydrogens is 162 g/mol. The highest BCUT2D eigenvalue weighted by Crippen LogP contribution is 2.10. The highest BCUT2D eigenvalue weighted by molar-refractivity contribution is 4.81. The van der Waals surface area contributed by atoms with E-state index in [9.17, 15) is 0 Å². The van der Waals surface area contributed by atoms with Crippen LogP contribution in [-0.2, 0) is 4.74 Å². The molecule has 0 amide bonds. The van der Waals surface area contributed by atoms with Gasteiger partial charge in [-0.05, 0) is 6.42 Å². The molecule has 0 aliphatic carbocycles. The first-order valence-electron chi connectivity index (χ1n) is 5.50. The van der Waals surface area contributed by atoms with Gasteiger partial charge >= 0.3 is 0 Å². The van der Waals surface area contributed by atoms with Gasteiger partial charge in [-0.3, -0.25) is 0 Å². The van der Waals surface area contributed by atoms with Crippen LogP contribution < -0.4 is 5.32 Å². The molecule has 0 aromatic heterocycles. The summed E-state index contributed by atoms with van der Waals surface area (Å²) in [6.45, 7) is 2.25. The van der Waals surface area contributed by atoms with Crippen molar-refractivity contribution in [2.75, 3.05) is 0 Å². The van der Waals surface area contributed by atoms with Gasteiger partial charge in [0.05, 0.1) is 0 Å². The van der Waals surface area contributed by atoms with Crippen LogP contribution in [0.5, 0.6) is 0 Å². The van der Waals surface area contributed by atoms with Crippen LogP contribution >= 0.6 is 0 Å². The smallest absolute Gasteiger partial charge is 0.168 e. The van der Waals surface area contributed by atoms with Crippen molar-refractivity contribution in [1.29, 1.82) is 0 Å². The third-order valence-electron chi connectivity index (χ3n) is 2.41. The summed E-state index contributed by atoms with van der Waals surface area (Å²) in [4.78, 5) is 0. The van der Waals surface area contributed by atoms with E-state index in [1.165, 1.54) is 38.5 Å². The topological polar surface area (TPSA) is 21.3 Å². The highest BCUT2D eigenvalue weighted by atomic mass is 16.5. The second-order valence-electron chi connectivity index (χ2n) is 3.65. The van der Waals surface area contributed by atoms with Crippen LogP contribution in [0, 0.1) is 0 Å². The Morgan fingerprint density at radius 2 is 1.92 bits per heavy atom. The Bertz CT molecular complexity index is 137. The van der Waals surface area contributed by atoms with E-state index in [2.05, 4.69) is 12.2 Å². The van der Waals surface area contributed by atoms with E-state index in [1.807, 2.05) is 6.20 Å². The van der Waals surface area contributed by atoms with Crippen molar-refractivity contribution < 1.29 is 4.74 Å². The molecule has 13 heavy (non-hydrogen) atoms. The molecule has 0 spiro atoms. The van der Waals surface area contributed by atoms with Crippen molar-refractivity contribution in [1.82, 2.24) is 5.32 Å². The quantitative estimate of drug-likeness (QED) is 0.612. The Hall–Kier alpha value is -0.660. The zero-order chi connectivity index (χ0) is 9.36. The predicted molar refractivity (Wildman–Crippen MR) is 55.1 cm³/mol. The van der Waals surface area contributed by atoms with Gasteiger partial charge in [0.2, 0.25) is 0 Å². The minimum Gasteiger partial charge on any atom is -0.477 e. The Morgan fingerprint density at radius 3 is 2.62 bits per heavy atom. The standard InChI is InChI=1S/C11H21NO/c1-2-3-4-5-6-7-8-11-12-9-10-13-11/h9-12H,2-8H2,1H3. The van der Waals surface area contributed by atoms with Crippen LogP contribution in [0.3, 0.4) is 0 Å². The van der Waals surface area contributed by atoms with Crippen molar-refractivity contribution >= 4 is 0 Å². The maximum absolute atomic E-state index is 5.29. The molecule has 1 rings (SSSR count). The molecule has 0 saturated carbocycles. The van der Waals surface area contributed by atoms with Crippen molar-refractivity contribution in [3.63, 3.8) is 0 Å². The van der Waals surface area contributed by atoms with Crippen LogP contribution in [0.1, 0.15) is 51.9 Å². The number of rotatable bonds is 7. The van der Waals surface area contributed by atoms with Crippen molar-refractivity contribution in [3.05, 3.63) is 12.5 Å². The number of hydrogen-bond donors (Lipinski definition) is 1. The SMILES string of the molecule is CCCCCCCCC1NC=CO1. The van der Waals surface area contributed by atoms with Crippen LogP contribution in [0.15, 0.2) is 12.5 Å². The maximum Gasteiger partial charge on any atom is 0.168 e. The van der Waals surface area contributed by atoms with Gasteiger partial charge < -0.3 is 10.1 Å². The van der Waals surface area contributed by atoms with Crippen LogP contribution in [0.2, 0.25) is 0 Å². The van der Waals surface area contributed by atoms with Gasteiger partial charge in [0.15, 0.2) is 6.23 Å². The number of ether oxygens (including phenoxy) is 1. The summed E-state index contributed by atoms with van der Waals surface area (Å²) in [5.74, 6) is 0. The second-order valence-corrected chi connectivity index (χ2v) is 3.65. The normalized spacial score (nSPS) is 19.9. The summed E-state index contributed by atoms with van der Waals surface area (Å²) in [5.41, 5.74) is 0. The lowest BCUT2D eigenvalue weighted by Gasteiger charge is -2.10. The Labute approximate surface area is 81.4 Å². The molecule has 0 bridgehead atoms. The van der Waals surface area contributed by atoms with E-state index in [4.69, 9.17) is 4.74 Å². The Kier molecular flexibility index (Phi) is 5.46. The molecule has 1 aliphatic rings. The fourth-order valence-corrected chi connectivity index (χ4v) is 1.58. The molecule has 1 atom stereocenters. The van der Waals surface area contributed by atoms with Gasteiger partial charge in [0, 0.05) is 12.6 Å². The van der Waals surface area contributed by atoms with E-state index in [-0.39, 0.29) is 6.23 Å². The maximum atomic E-state index is 5.29. The predicted octanol–water partition coefficient (Wildman–Crippen LogP) is 3.15. The minimum atomic E-state index is 0.256. The molecule has 1 heterocycles. The lowest BCUT2D eigenvalue weighted by Crippen LogP contribution is -2.20. The van der Waals surface area contributed by atoms with Gasteiger partial charge in [0.25, 0.3) is 0 Å². The second kappa shape index (κ2) is 6.81. The third-order valence-corrected chi connectivity index (χ3v) is 2.41. The first-order valence-corrected chi connectivity index (χ1v) is 5.50. The van der Waals surface area contributed by atoms with Gasteiger partial charge in [-0.2, -0.15) is 0 Å². The number of unbranched alkanes of at least 4 members (excludes halogenated alkanes) is 5. The van der Waals surface area contributed by atoms with Crippen LogP contribution in [-0.4, -0.2) is 6.23 Å². The summed E-state index contributed by atoms with van der Waals surface area (Å²) in [6, 6.07) is 0. The molecule has 1 unspecified atom stereocenters. The van der Waals surface area contributed by atoms with E-state index >= 15 is 0 Å². The third kappa shape index (κ3) is 4.81. The zero-order valence-corrected chi connectivity index (χ0v) is 8.59. The first kappa shape index (κ1) is 10.4. The van der Waals surface area contributed by atoms with Gasteiger partial charge in [-0.25, -0.2) is 0 Å². The molecule has 1 N–H and O–H groups in total. The minimum absolute atomic E-state index is 0.256. The van der Waals surface area contributed by atoms with E-state index < -0.39 is 0 Å². The highest BCUT2D eigenvalue weighted by Gasteiger charge is 2.08. The zero-order valence-electron chi connectivity index (χ0n) is 8.59. The van der Waals surface area contributed by atoms with Crippen LogP contribution in [0.4, 0.5) is 0 Å². The van der Waals surface area contributed by atoms with E-state index in [0.29, 0.717) is 0 Å². The van der Waals surface area contributed by atoms with Crippen molar-refractivity contribution in [3.8, 4) is 0 Å².